The Kier molecular flexibility index (Phi) is 3.84. The predicted octanol–water partition coefficient (Wildman–Crippen LogP) is 2.68. The van der Waals surface area contributed by atoms with Crippen molar-refractivity contribution < 1.29 is 13.6 Å². The van der Waals surface area contributed by atoms with Crippen LogP contribution in [0.1, 0.15) is 36.0 Å². The molecule has 1 aromatic rings. The van der Waals surface area contributed by atoms with Crippen LogP contribution in [0.5, 0.6) is 0 Å². The van der Waals surface area contributed by atoms with Gasteiger partial charge in [0.2, 0.25) is 0 Å². The molecule has 1 aromatic carbocycles. The summed E-state index contributed by atoms with van der Waals surface area (Å²) in [6, 6.07) is 2.66. The lowest BCUT2D eigenvalue weighted by molar-refractivity contribution is 0.0939. The molecule has 0 bridgehead atoms. The van der Waals surface area contributed by atoms with Gasteiger partial charge in [-0.25, -0.2) is 8.78 Å². The highest BCUT2D eigenvalue weighted by Crippen LogP contribution is 2.15. The average molecular weight is 239 g/mol. The summed E-state index contributed by atoms with van der Waals surface area (Å²) in [5.74, 6) is -1.63. The van der Waals surface area contributed by atoms with Gasteiger partial charge in [0.1, 0.15) is 11.6 Å². The number of carbonyl (C=O) groups excluding carboxylic acids is 1. The smallest absolute Gasteiger partial charge is 0.179 e. The average Bonchev–Trinajstić information content (AvgIpc) is 2.55. The maximum absolute atomic E-state index is 13.0. The van der Waals surface area contributed by atoms with Crippen molar-refractivity contribution in [3.63, 3.8) is 0 Å². The Bertz CT molecular complexity index is 392. The molecule has 0 aliphatic carbocycles. The summed E-state index contributed by atoms with van der Waals surface area (Å²) in [6.07, 6.45) is 3.84. The number of rotatable bonds is 2. The second-order valence-corrected chi connectivity index (χ2v) is 4.38. The summed E-state index contributed by atoms with van der Waals surface area (Å²) in [5.41, 5.74) is 0.113. The molecular weight excluding hydrogens is 224 g/mol. The fraction of sp³-hybridized carbons (Fsp3) is 0.462. The van der Waals surface area contributed by atoms with Gasteiger partial charge in [0.15, 0.2) is 5.78 Å². The molecule has 1 unspecified atom stereocenters. The van der Waals surface area contributed by atoms with E-state index in [0.717, 1.165) is 50.4 Å². The van der Waals surface area contributed by atoms with Crippen LogP contribution in [0.15, 0.2) is 18.2 Å². The highest BCUT2D eigenvalue weighted by molar-refractivity contribution is 6.00. The van der Waals surface area contributed by atoms with Gasteiger partial charge in [-0.3, -0.25) is 4.79 Å². The summed E-state index contributed by atoms with van der Waals surface area (Å²) < 4.78 is 26.0. The van der Waals surface area contributed by atoms with Crippen LogP contribution < -0.4 is 5.32 Å². The number of hydrogen-bond donors (Lipinski definition) is 1. The fourth-order valence-electron chi connectivity index (χ4n) is 2.15. The van der Waals surface area contributed by atoms with Crippen LogP contribution >= 0.6 is 0 Å². The van der Waals surface area contributed by atoms with Gasteiger partial charge in [0.05, 0.1) is 6.04 Å². The number of ketones is 1. The Morgan fingerprint density at radius 1 is 1.12 bits per heavy atom. The normalized spacial score (nSPS) is 20.9. The molecule has 1 atom stereocenters. The van der Waals surface area contributed by atoms with E-state index in [1.165, 1.54) is 0 Å². The molecule has 1 aliphatic rings. The predicted molar refractivity (Wildman–Crippen MR) is 60.9 cm³/mol. The molecule has 0 radical (unpaired) electrons. The minimum Gasteiger partial charge on any atom is -0.307 e. The molecule has 0 aromatic heterocycles. The highest BCUT2D eigenvalue weighted by Gasteiger charge is 2.21. The van der Waals surface area contributed by atoms with Crippen molar-refractivity contribution in [2.45, 2.75) is 31.7 Å². The van der Waals surface area contributed by atoms with Crippen LogP contribution in [-0.2, 0) is 0 Å². The van der Waals surface area contributed by atoms with Crippen LogP contribution in [0, 0.1) is 11.6 Å². The Hall–Kier alpha value is -1.29. The van der Waals surface area contributed by atoms with Crippen molar-refractivity contribution in [1.82, 2.24) is 5.32 Å². The summed E-state index contributed by atoms with van der Waals surface area (Å²) >= 11 is 0. The lowest BCUT2D eigenvalue weighted by Gasteiger charge is -2.14. The van der Waals surface area contributed by atoms with E-state index in [1.54, 1.807) is 0 Å². The van der Waals surface area contributed by atoms with Crippen LogP contribution in [0.3, 0.4) is 0 Å². The lowest BCUT2D eigenvalue weighted by Crippen LogP contribution is -2.36. The van der Waals surface area contributed by atoms with Crippen molar-refractivity contribution >= 4 is 5.78 Å². The summed E-state index contributed by atoms with van der Waals surface area (Å²) in [4.78, 5) is 12.1. The maximum Gasteiger partial charge on any atom is 0.179 e. The molecule has 4 heteroatoms. The van der Waals surface area contributed by atoms with E-state index in [2.05, 4.69) is 5.32 Å². The van der Waals surface area contributed by atoms with Crippen molar-refractivity contribution in [3.8, 4) is 0 Å². The van der Waals surface area contributed by atoms with E-state index < -0.39 is 11.6 Å². The highest BCUT2D eigenvalue weighted by atomic mass is 19.1. The fourth-order valence-corrected chi connectivity index (χ4v) is 2.15. The summed E-state index contributed by atoms with van der Waals surface area (Å²) in [7, 11) is 0. The zero-order chi connectivity index (χ0) is 12.3. The number of hydrogen-bond acceptors (Lipinski definition) is 2. The van der Waals surface area contributed by atoms with E-state index in [0.29, 0.717) is 0 Å². The minimum absolute atomic E-state index is 0.113. The molecule has 1 N–H and O–H groups in total. The van der Waals surface area contributed by atoms with Crippen LogP contribution in [-0.4, -0.2) is 18.4 Å². The zero-order valence-corrected chi connectivity index (χ0v) is 9.51. The molecule has 0 amide bonds. The summed E-state index contributed by atoms with van der Waals surface area (Å²) in [6.45, 7) is 0.786. The zero-order valence-electron chi connectivity index (χ0n) is 9.51. The molecule has 2 rings (SSSR count). The van der Waals surface area contributed by atoms with Gasteiger partial charge >= 0.3 is 0 Å². The van der Waals surface area contributed by atoms with Gasteiger partial charge in [0.25, 0.3) is 0 Å². The maximum atomic E-state index is 13.0. The molecule has 0 saturated carbocycles. The molecule has 1 heterocycles. The van der Waals surface area contributed by atoms with Gasteiger partial charge < -0.3 is 5.32 Å². The Labute approximate surface area is 99.0 Å². The first kappa shape index (κ1) is 12.2. The van der Waals surface area contributed by atoms with E-state index in [1.807, 2.05) is 0 Å². The number of halogens is 2. The number of nitrogens with one attached hydrogen (secondary N) is 1. The van der Waals surface area contributed by atoms with Crippen LogP contribution in [0.4, 0.5) is 8.78 Å². The SMILES string of the molecule is O=C(c1cc(F)cc(F)c1)C1CCCCCN1. The second kappa shape index (κ2) is 5.36. The van der Waals surface area contributed by atoms with Crippen molar-refractivity contribution in [2.75, 3.05) is 6.54 Å². The van der Waals surface area contributed by atoms with E-state index >= 15 is 0 Å². The third-order valence-electron chi connectivity index (χ3n) is 3.02. The molecule has 1 fully saturated rings. The number of Topliss-reactive ketones (excluding diaryl/α,β-unsaturated/α-hetero) is 1. The number of benzene rings is 1. The van der Waals surface area contributed by atoms with Crippen molar-refractivity contribution in [1.29, 1.82) is 0 Å². The largest absolute Gasteiger partial charge is 0.307 e. The first-order valence-electron chi connectivity index (χ1n) is 5.90. The topological polar surface area (TPSA) is 29.1 Å². The molecule has 0 spiro atoms. The molecular formula is C13H15F2NO. The molecule has 1 aliphatic heterocycles. The first-order chi connectivity index (χ1) is 8.16. The van der Waals surface area contributed by atoms with Crippen LogP contribution in [0.25, 0.3) is 0 Å². The minimum atomic E-state index is -0.707. The molecule has 17 heavy (non-hydrogen) atoms. The van der Waals surface area contributed by atoms with Gasteiger partial charge in [-0.1, -0.05) is 12.8 Å². The van der Waals surface area contributed by atoms with Crippen molar-refractivity contribution in [2.24, 2.45) is 0 Å². The lowest BCUT2D eigenvalue weighted by atomic mass is 10.00. The third kappa shape index (κ3) is 3.09. The summed E-state index contributed by atoms with van der Waals surface area (Å²) in [5, 5.41) is 3.12. The standard InChI is InChI=1S/C13H15F2NO/c14-10-6-9(7-11(15)8-10)13(17)12-4-2-1-3-5-16-12/h6-8,12,16H,1-5H2. The Morgan fingerprint density at radius 2 is 1.82 bits per heavy atom. The van der Waals surface area contributed by atoms with Gasteiger partial charge in [-0.2, -0.15) is 0 Å². The Balaban J connectivity index is 2.17. The van der Waals surface area contributed by atoms with Crippen LogP contribution in [0.2, 0.25) is 0 Å². The van der Waals surface area contributed by atoms with Gasteiger partial charge in [0, 0.05) is 11.6 Å². The first-order valence-corrected chi connectivity index (χ1v) is 5.90. The molecule has 2 nitrogen and oxygen atoms in total. The van der Waals surface area contributed by atoms with E-state index in [-0.39, 0.29) is 17.4 Å². The van der Waals surface area contributed by atoms with E-state index in [4.69, 9.17) is 0 Å². The molecule has 92 valence electrons. The number of carbonyl (C=O) groups is 1. The quantitative estimate of drug-likeness (QED) is 0.804. The monoisotopic (exact) mass is 239 g/mol. The van der Waals surface area contributed by atoms with Gasteiger partial charge in [-0.05, 0) is 31.5 Å². The van der Waals surface area contributed by atoms with Crippen molar-refractivity contribution in [3.05, 3.63) is 35.4 Å². The second-order valence-electron chi connectivity index (χ2n) is 4.38. The third-order valence-corrected chi connectivity index (χ3v) is 3.02. The Morgan fingerprint density at radius 3 is 2.53 bits per heavy atom. The van der Waals surface area contributed by atoms with Gasteiger partial charge in [-0.15, -0.1) is 0 Å². The molecule has 1 saturated heterocycles. The van der Waals surface area contributed by atoms with E-state index in [9.17, 15) is 13.6 Å².